The molecule has 4 rings (SSSR count). The number of benzene rings is 2. The number of carbonyl (C=O) groups is 1. The van der Waals surface area contributed by atoms with E-state index in [-0.39, 0.29) is 11.8 Å². The van der Waals surface area contributed by atoms with Gasteiger partial charge in [0.25, 0.3) is 0 Å². The fourth-order valence-corrected chi connectivity index (χ4v) is 3.30. The number of hydrogen-bond acceptors (Lipinski definition) is 5. The summed E-state index contributed by atoms with van der Waals surface area (Å²) < 4.78 is 32.1. The largest absolute Gasteiger partial charge is 0.457 e. The molecule has 1 N–H and O–H groups in total. The quantitative estimate of drug-likeness (QED) is 0.672. The summed E-state index contributed by atoms with van der Waals surface area (Å²) in [4.78, 5) is 24.3. The van der Waals surface area contributed by atoms with Crippen LogP contribution in [0.4, 0.5) is 19.4 Å². The highest BCUT2D eigenvalue weighted by Gasteiger charge is 2.21. The van der Waals surface area contributed by atoms with E-state index in [4.69, 9.17) is 4.74 Å². The van der Waals surface area contributed by atoms with Gasteiger partial charge in [-0.15, -0.1) is 0 Å². The molecule has 0 aliphatic carbocycles. The van der Waals surface area contributed by atoms with E-state index in [2.05, 4.69) is 20.2 Å². The number of piperazine rings is 1. The van der Waals surface area contributed by atoms with Crippen LogP contribution in [0.2, 0.25) is 0 Å². The first kappa shape index (κ1) is 20.7. The SMILES string of the molecule is O=C(Nc1cnccn1)N1CCN(Cc2cccc(Oc3ccc(F)c(F)c3)c2)CC1. The van der Waals surface area contributed by atoms with E-state index in [1.54, 1.807) is 17.2 Å². The Kier molecular flexibility index (Phi) is 6.32. The standard InChI is InChI=1S/C22H21F2N5O2/c23-19-5-4-18(13-20(19)24)31-17-3-1-2-16(12-17)15-28-8-10-29(11-9-28)22(30)27-21-14-25-6-7-26-21/h1-7,12-14H,8-11,15H2,(H,26,27,30). The van der Waals surface area contributed by atoms with Gasteiger partial charge in [-0.25, -0.2) is 18.6 Å². The second kappa shape index (κ2) is 9.48. The lowest BCUT2D eigenvalue weighted by atomic mass is 10.2. The van der Waals surface area contributed by atoms with Gasteiger partial charge in [0.1, 0.15) is 11.5 Å². The van der Waals surface area contributed by atoms with E-state index >= 15 is 0 Å². The van der Waals surface area contributed by atoms with E-state index in [1.807, 2.05) is 18.2 Å². The van der Waals surface area contributed by atoms with Crippen molar-refractivity contribution < 1.29 is 18.3 Å². The number of urea groups is 1. The smallest absolute Gasteiger partial charge is 0.323 e. The Labute approximate surface area is 178 Å². The first-order valence-electron chi connectivity index (χ1n) is 9.83. The van der Waals surface area contributed by atoms with Crippen LogP contribution in [-0.4, -0.2) is 52.0 Å². The van der Waals surface area contributed by atoms with E-state index in [1.165, 1.54) is 18.5 Å². The van der Waals surface area contributed by atoms with Crippen molar-refractivity contribution >= 4 is 11.8 Å². The summed E-state index contributed by atoms with van der Waals surface area (Å²) in [5, 5.41) is 2.74. The second-order valence-corrected chi connectivity index (χ2v) is 7.11. The summed E-state index contributed by atoms with van der Waals surface area (Å²) in [5.41, 5.74) is 1.03. The van der Waals surface area contributed by atoms with Crippen LogP contribution in [0.25, 0.3) is 0 Å². The van der Waals surface area contributed by atoms with Crippen molar-refractivity contribution in [3.8, 4) is 11.5 Å². The Morgan fingerprint density at radius 2 is 1.81 bits per heavy atom. The highest BCUT2D eigenvalue weighted by atomic mass is 19.2. The zero-order valence-electron chi connectivity index (χ0n) is 16.7. The molecule has 2 heterocycles. The third-order valence-corrected chi connectivity index (χ3v) is 4.89. The lowest BCUT2D eigenvalue weighted by Crippen LogP contribution is -2.49. The van der Waals surface area contributed by atoms with Crippen LogP contribution in [0.3, 0.4) is 0 Å². The van der Waals surface area contributed by atoms with Crippen LogP contribution in [-0.2, 0) is 6.54 Å². The van der Waals surface area contributed by atoms with Crippen molar-refractivity contribution in [2.24, 2.45) is 0 Å². The summed E-state index contributed by atoms with van der Waals surface area (Å²) in [6.45, 7) is 3.33. The molecule has 1 aliphatic heterocycles. The van der Waals surface area contributed by atoms with Crippen LogP contribution in [0.5, 0.6) is 11.5 Å². The fraction of sp³-hybridized carbons (Fsp3) is 0.227. The van der Waals surface area contributed by atoms with Gasteiger partial charge in [-0.2, -0.15) is 0 Å². The van der Waals surface area contributed by atoms with Crippen molar-refractivity contribution in [2.75, 3.05) is 31.5 Å². The second-order valence-electron chi connectivity index (χ2n) is 7.11. The topological polar surface area (TPSA) is 70.6 Å². The predicted octanol–water partition coefficient (Wildman–Crippen LogP) is 3.90. The number of ether oxygens (including phenoxy) is 1. The third kappa shape index (κ3) is 5.52. The first-order valence-corrected chi connectivity index (χ1v) is 9.83. The summed E-state index contributed by atoms with van der Waals surface area (Å²) in [6, 6.07) is 10.7. The molecule has 1 aliphatic rings. The van der Waals surface area contributed by atoms with E-state index in [9.17, 15) is 13.6 Å². The molecule has 0 spiro atoms. The molecular weight excluding hydrogens is 404 g/mol. The predicted molar refractivity (Wildman–Crippen MR) is 111 cm³/mol. The normalized spacial score (nSPS) is 14.3. The Balaban J connectivity index is 1.30. The Morgan fingerprint density at radius 1 is 1.00 bits per heavy atom. The number of hydrogen-bond donors (Lipinski definition) is 1. The van der Waals surface area contributed by atoms with Crippen molar-refractivity contribution in [2.45, 2.75) is 6.54 Å². The number of amides is 2. The minimum atomic E-state index is -0.949. The maximum absolute atomic E-state index is 13.4. The Hall–Kier alpha value is -3.59. The zero-order chi connectivity index (χ0) is 21.6. The number of nitrogens with one attached hydrogen (secondary N) is 1. The maximum atomic E-state index is 13.4. The van der Waals surface area contributed by atoms with Crippen molar-refractivity contribution in [1.82, 2.24) is 19.8 Å². The van der Waals surface area contributed by atoms with Gasteiger partial charge in [0.05, 0.1) is 6.20 Å². The van der Waals surface area contributed by atoms with E-state index in [0.717, 1.165) is 30.8 Å². The lowest BCUT2D eigenvalue weighted by molar-refractivity contribution is 0.143. The molecule has 160 valence electrons. The highest BCUT2D eigenvalue weighted by Crippen LogP contribution is 2.24. The number of carbonyl (C=O) groups excluding carboxylic acids is 1. The number of halogens is 2. The molecule has 2 aromatic carbocycles. The summed E-state index contributed by atoms with van der Waals surface area (Å²) >= 11 is 0. The van der Waals surface area contributed by atoms with Gasteiger partial charge < -0.3 is 9.64 Å². The van der Waals surface area contributed by atoms with Gasteiger partial charge in [0, 0.05) is 51.2 Å². The molecule has 0 radical (unpaired) electrons. The van der Waals surface area contributed by atoms with Crippen LogP contribution < -0.4 is 10.1 Å². The van der Waals surface area contributed by atoms with Crippen molar-refractivity contribution in [1.29, 1.82) is 0 Å². The Morgan fingerprint density at radius 3 is 2.55 bits per heavy atom. The molecule has 31 heavy (non-hydrogen) atoms. The molecule has 0 unspecified atom stereocenters. The van der Waals surface area contributed by atoms with Gasteiger partial charge in [0.2, 0.25) is 0 Å². The molecule has 1 fully saturated rings. The number of nitrogens with zero attached hydrogens (tertiary/aromatic N) is 4. The average molecular weight is 425 g/mol. The van der Waals surface area contributed by atoms with E-state index < -0.39 is 11.6 Å². The van der Waals surface area contributed by atoms with Gasteiger partial charge in [-0.05, 0) is 29.8 Å². The molecule has 1 saturated heterocycles. The minimum absolute atomic E-state index is 0.193. The molecule has 7 nitrogen and oxygen atoms in total. The van der Waals surface area contributed by atoms with Gasteiger partial charge in [-0.3, -0.25) is 15.2 Å². The Bertz CT molecular complexity index is 1040. The average Bonchev–Trinajstić information content (AvgIpc) is 2.78. The van der Waals surface area contributed by atoms with Gasteiger partial charge in [-0.1, -0.05) is 12.1 Å². The molecule has 0 atom stereocenters. The lowest BCUT2D eigenvalue weighted by Gasteiger charge is -2.34. The maximum Gasteiger partial charge on any atom is 0.323 e. The number of anilines is 1. The fourth-order valence-electron chi connectivity index (χ4n) is 3.30. The minimum Gasteiger partial charge on any atom is -0.457 e. The van der Waals surface area contributed by atoms with Crippen LogP contribution in [0, 0.1) is 11.6 Å². The highest BCUT2D eigenvalue weighted by molar-refractivity contribution is 5.88. The monoisotopic (exact) mass is 425 g/mol. The molecular formula is C22H21F2N5O2. The molecule has 0 bridgehead atoms. The van der Waals surface area contributed by atoms with Crippen LogP contribution >= 0.6 is 0 Å². The molecule has 1 aromatic heterocycles. The molecule has 9 heteroatoms. The summed E-state index contributed by atoms with van der Waals surface area (Å²) in [6.07, 6.45) is 4.58. The number of rotatable bonds is 5. The van der Waals surface area contributed by atoms with Gasteiger partial charge in [0.15, 0.2) is 17.5 Å². The van der Waals surface area contributed by atoms with Crippen molar-refractivity contribution in [3.05, 3.63) is 78.3 Å². The van der Waals surface area contributed by atoms with Crippen LogP contribution in [0.1, 0.15) is 5.56 Å². The number of aromatic nitrogens is 2. The van der Waals surface area contributed by atoms with E-state index in [0.29, 0.717) is 31.2 Å². The molecule has 2 amide bonds. The molecule has 0 saturated carbocycles. The zero-order valence-corrected chi connectivity index (χ0v) is 16.7. The molecule has 3 aromatic rings. The summed E-state index contributed by atoms with van der Waals surface area (Å²) in [7, 11) is 0. The summed E-state index contributed by atoms with van der Waals surface area (Å²) in [5.74, 6) is -0.655. The van der Waals surface area contributed by atoms with Crippen LogP contribution in [0.15, 0.2) is 61.1 Å². The van der Waals surface area contributed by atoms with Crippen molar-refractivity contribution in [3.63, 3.8) is 0 Å². The van der Waals surface area contributed by atoms with Gasteiger partial charge >= 0.3 is 6.03 Å². The third-order valence-electron chi connectivity index (χ3n) is 4.89. The first-order chi connectivity index (χ1) is 15.1.